The van der Waals surface area contributed by atoms with E-state index in [1.807, 2.05) is 36.1 Å². The molecule has 2 aromatic rings. The van der Waals surface area contributed by atoms with E-state index < -0.39 is 5.92 Å². The molecule has 1 aliphatic heterocycles. The molecule has 8 heteroatoms. The molecule has 6 nitrogen and oxygen atoms in total. The van der Waals surface area contributed by atoms with Crippen molar-refractivity contribution in [2.75, 3.05) is 10.7 Å². The zero-order valence-electron chi connectivity index (χ0n) is 18.8. The maximum absolute atomic E-state index is 13.5. The smallest absolute Gasteiger partial charge is 0.219 e. The van der Waals surface area contributed by atoms with Crippen LogP contribution in [0.3, 0.4) is 0 Å². The number of rotatable bonds is 5. The first-order chi connectivity index (χ1) is 15.3. The van der Waals surface area contributed by atoms with Crippen LogP contribution in [-0.4, -0.2) is 21.7 Å². The summed E-state index contributed by atoms with van der Waals surface area (Å²) in [5.74, 6) is 0.901. The molecule has 0 saturated heterocycles. The van der Waals surface area contributed by atoms with E-state index in [1.165, 1.54) is 11.3 Å². The zero-order valence-corrected chi connectivity index (χ0v) is 20.4. The Morgan fingerprint density at radius 2 is 2.00 bits per heavy atom. The molecule has 1 unspecified atom stereocenters. The van der Waals surface area contributed by atoms with Gasteiger partial charge < -0.3 is 5.73 Å². The van der Waals surface area contributed by atoms with Crippen LogP contribution >= 0.6 is 23.1 Å². The minimum absolute atomic E-state index is 0.0668. The highest BCUT2D eigenvalue weighted by Crippen LogP contribution is 2.50. The molecule has 32 heavy (non-hydrogen) atoms. The van der Waals surface area contributed by atoms with Crippen molar-refractivity contribution in [1.82, 2.24) is 10.2 Å². The highest BCUT2D eigenvalue weighted by molar-refractivity contribution is 8.01. The van der Waals surface area contributed by atoms with Crippen LogP contribution in [0.1, 0.15) is 57.1 Å². The first kappa shape index (κ1) is 22.6. The van der Waals surface area contributed by atoms with Gasteiger partial charge in [0, 0.05) is 23.4 Å². The van der Waals surface area contributed by atoms with Gasteiger partial charge in [-0.25, -0.2) is 0 Å². The molecule has 2 N–H and O–H groups in total. The second-order valence-corrected chi connectivity index (χ2v) is 11.4. The van der Waals surface area contributed by atoms with Crippen LogP contribution < -0.4 is 10.6 Å². The van der Waals surface area contributed by atoms with E-state index in [1.54, 1.807) is 11.8 Å². The number of nitrogens with two attached hydrogens (primary N) is 1. The third-order valence-corrected chi connectivity index (χ3v) is 8.06. The maximum atomic E-state index is 13.5. The van der Waals surface area contributed by atoms with E-state index in [-0.39, 0.29) is 11.2 Å². The van der Waals surface area contributed by atoms with Crippen LogP contribution in [0.25, 0.3) is 0 Å². The predicted octanol–water partition coefficient (Wildman–Crippen LogP) is 5.29. The molecule has 0 amide bonds. The summed E-state index contributed by atoms with van der Waals surface area (Å²) in [6.07, 6.45) is 2.15. The fourth-order valence-electron chi connectivity index (χ4n) is 4.36. The van der Waals surface area contributed by atoms with Crippen LogP contribution in [0.5, 0.6) is 0 Å². The summed E-state index contributed by atoms with van der Waals surface area (Å²) in [4.78, 5) is 15.3. The van der Waals surface area contributed by atoms with E-state index in [4.69, 9.17) is 5.73 Å². The Morgan fingerprint density at radius 3 is 2.66 bits per heavy atom. The molecule has 0 fully saturated rings. The van der Waals surface area contributed by atoms with E-state index in [0.29, 0.717) is 34.9 Å². The van der Waals surface area contributed by atoms with Gasteiger partial charge in [-0.15, -0.1) is 10.2 Å². The third-order valence-electron chi connectivity index (χ3n) is 5.81. The molecule has 0 spiro atoms. The van der Waals surface area contributed by atoms with E-state index in [0.717, 1.165) is 33.3 Å². The van der Waals surface area contributed by atoms with Crippen molar-refractivity contribution in [2.24, 2.45) is 11.1 Å². The van der Waals surface area contributed by atoms with Crippen molar-refractivity contribution in [2.45, 2.75) is 57.2 Å². The van der Waals surface area contributed by atoms with Crippen molar-refractivity contribution >= 4 is 34.0 Å². The standard InChI is InChI=1S/C24H27N5OS2/c1-5-10-31-23-28-27-22(32-23)29-17-11-24(3,4)12-18(30)20(17)19(16(13-25)21(29)26)15-8-6-14(2)7-9-15/h6-9,19H,5,10-12,26H2,1-4H3. The van der Waals surface area contributed by atoms with Crippen molar-refractivity contribution < 1.29 is 4.79 Å². The number of carbonyl (C=O) groups is 1. The van der Waals surface area contributed by atoms with Gasteiger partial charge in [0.1, 0.15) is 5.82 Å². The maximum Gasteiger partial charge on any atom is 0.219 e. The van der Waals surface area contributed by atoms with Crippen LogP contribution in [0.4, 0.5) is 5.13 Å². The summed E-state index contributed by atoms with van der Waals surface area (Å²) < 4.78 is 0.859. The summed E-state index contributed by atoms with van der Waals surface area (Å²) in [6.45, 7) is 8.33. The van der Waals surface area contributed by atoms with Gasteiger partial charge in [-0.3, -0.25) is 9.69 Å². The van der Waals surface area contributed by atoms with Crippen molar-refractivity contribution in [1.29, 1.82) is 5.26 Å². The van der Waals surface area contributed by atoms with Crippen molar-refractivity contribution in [3.05, 3.63) is 58.1 Å². The molecule has 4 rings (SSSR count). The average Bonchev–Trinajstić information content (AvgIpc) is 3.19. The minimum Gasteiger partial charge on any atom is -0.384 e. The first-order valence-corrected chi connectivity index (χ1v) is 12.5. The monoisotopic (exact) mass is 465 g/mol. The second kappa shape index (κ2) is 8.72. The Bertz CT molecular complexity index is 1150. The Balaban J connectivity index is 1.90. The Labute approximate surface area is 197 Å². The minimum atomic E-state index is -0.461. The Kier molecular flexibility index (Phi) is 6.15. The van der Waals surface area contributed by atoms with Gasteiger partial charge in [0.05, 0.1) is 17.6 Å². The molecule has 2 aliphatic rings. The lowest BCUT2D eigenvalue weighted by Gasteiger charge is -2.42. The number of hydrogen-bond donors (Lipinski definition) is 1. The van der Waals surface area contributed by atoms with Gasteiger partial charge in [-0.2, -0.15) is 5.26 Å². The number of hydrogen-bond acceptors (Lipinski definition) is 8. The van der Waals surface area contributed by atoms with Crippen molar-refractivity contribution in [3.63, 3.8) is 0 Å². The van der Waals surface area contributed by atoms with Crippen molar-refractivity contribution in [3.8, 4) is 6.07 Å². The number of aromatic nitrogens is 2. The summed E-state index contributed by atoms with van der Waals surface area (Å²) in [5.41, 5.74) is 10.4. The van der Waals surface area contributed by atoms with Crippen LogP contribution in [0.15, 0.2) is 51.3 Å². The highest BCUT2D eigenvalue weighted by Gasteiger charge is 2.45. The lowest BCUT2D eigenvalue weighted by Crippen LogP contribution is -2.42. The molecular formula is C24H27N5OS2. The number of nitriles is 1. The lowest BCUT2D eigenvalue weighted by atomic mass is 9.68. The topological polar surface area (TPSA) is 95.9 Å². The fraction of sp³-hybridized carbons (Fsp3) is 0.417. The van der Waals surface area contributed by atoms with Crippen LogP contribution in [-0.2, 0) is 4.79 Å². The van der Waals surface area contributed by atoms with Gasteiger partial charge in [-0.1, -0.05) is 73.7 Å². The number of Topliss-reactive ketones (excluding diaryl/α,β-unsaturated/α-hetero) is 1. The predicted molar refractivity (Wildman–Crippen MR) is 129 cm³/mol. The number of thioether (sulfide) groups is 1. The van der Waals surface area contributed by atoms with Crippen LogP contribution in [0.2, 0.25) is 0 Å². The number of aryl methyl sites for hydroxylation is 1. The van der Waals surface area contributed by atoms with E-state index in [2.05, 4.69) is 37.0 Å². The summed E-state index contributed by atoms with van der Waals surface area (Å²) in [7, 11) is 0. The molecule has 1 aromatic carbocycles. The summed E-state index contributed by atoms with van der Waals surface area (Å²) >= 11 is 3.10. The van der Waals surface area contributed by atoms with Gasteiger partial charge in [0.25, 0.3) is 0 Å². The molecule has 0 radical (unpaired) electrons. The number of benzene rings is 1. The second-order valence-electron chi connectivity index (χ2n) is 9.09. The van der Waals surface area contributed by atoms with Gasteiger partial charge in [0.2, 0.25) is 5.13 Å². The van der Waals surface area contributed by atoms with Crippen LogP contribution in [0, 0.1) is 23.7 Å². The molecule has 166 valence electrons. The number of carbonyl (C=O) groups excluding carboxylic acids is 1. The third kappa shape index (κ3) is 4.07. The molecule has 0 saturated carbocycles. The van der Waals surface area contributed by atoms with Gasteiger partial charge >= 0.3 is 0 Å². The quantitative estimate of drug-likeness (QED) is 0.599. The number of ketones is 1. The molecular weight excluding hydrogens is 438 g/mol. The molecule has 1 aromatic heterocycles. The Morgan fingerprint density at radius 1 is 1.28 bits per heavy atom. The number of nitrogens with zero attached hydrogens (tertiary/aromatic N) is 4. The highest BCUT2D eigenvalue weighted by atomic mass is 32.2. The molecule has 1 atom stereocenters. The van der Waals surface area contributed by atoms with Gasteiger partial charge in [0.15, 0.2) is 10.1 Å². The van der Waals surface area contributed by atoms with Gasteiger partial charge in [-0.05, 0) is 30.7 Å². The summed E-state index contributed by atoms with van der Waals surface area (Å²) in [5, 5.41) is 19.4. The molecule has 0 bridgehead atoms. The van der Waals surface area contributed by atoms with E-state index >= 15 is 0 Å². The lowest BCUT2D eigenvalue weighted by molar-refractivity contribution is -0.118. The normalized spacial score (nSPS) is 20.4. The fourth-order valence-corrected chi connectivity index (χ4v) is 6.17. The zero-order chi connectivity index (χ0) is 23.0. The summed E-state index contributed by atoms with van der Waals surface area (Å²) in [6, 6.07) is 10.3. The number of allylic oxidation sites excluding steroid dienone is 3. The average molecular weight is 466 g/mol. The Hall–Kier alpha value is -2.63. The number of anilines is 1. The SMILES string of the molecule is CCCSc1nnc(N2C(N)=C(C#N)C(c3ccc(C)cc3)C3=C2CC(C)(C)CC3=O)s1. The molecule has 1 aliphatic carbocycles. The first-order valence-electron chi connectivity index (χ1n) is 10.7. The largest absolute Gasteiger partial charge is 0.384 e. The molecule has 2 heterocycles. The van der Waals surface area contributed by atoms with E-state index in [9.17, 15) is 10.1 Å².